The Morgan fingerprint density at radius 3 is 2.86 bits per heavy atom. The summed E-state index contributed by atoms with van der Waals surface area (Å²) < 4.78 is 16.6. The molecule has 9 heteroatoms. The molecule has 0 radical (unpaired) electrons. The van der Waals surface area contributed by atoms with Crippen LogP contribution in [0.5, 0.6) is 0 Å². The maximum atomic E-state index is 13.3. The second kappa shape index (κ2) is 8.01. The zero-order chi connectivity index (χ0) is 20.2. The zero-order valence-electron chi connectivity index (χ0n) is 15.7. The molecule has 0 aliphatic rings. The van der Waals surface area contributed by atoms with Crippen LogP contribution in [0.1, 0.15) is 22.8 Å². The van der Waals surface area contributed by atoms with Crippen LogP contribution in [0.3, 0.4) is 0 Å². The molecule has 29 heavy (non-hydrogen) atoms. The van der Waals surface area contributed by atoms with E-state index in [4.69, 9.17) is 0 Å². The third-order valence-corrected chi connectivity index (χ3v) is 4.34. The minimum Gasteiger partial charge on any atom is -0.319 e. The van der Waals surface area contributed by atoms with Gasteiger partial charge in [0.2, 0.25) is 0 Å². The van der Waals surface area contributed by atoms with Gasteiger partial charge in [-0.3, -0.25) is 9.48 Å². The second-order valence-corrected chi connectivity index (χ2v) is 6.41. The van der Waals surface area contributed by atoms with Crippen molar-refractivity contribution in [2.45, 2.75) is 20.0 Å². The summed E-state index contributed by atoms with van der Waals surface area (Å²) in [7, 11) is 0. The Bertz CT molecular complexity index is 1150. The Kier molecular flexibility index (Phi) is 5.10. The molecule has 0 fully saturated rings. The quantitative estimate of drug-likeness (QED) is 0.546. The fourth-order valence-electron chi connectivity index (χ4n) is 2.96. The Balaban J connectivity index is 1.47. The van der Waals surface area contributed by atoms with Gasteiger partial charge in [-0.05, 0) is 47.2 Å². The highest BCUT2D eigenvalue weighted by atomic mass is 19.1. The largest absolute Gasteiger partial charge is 0.319 e. The lowest BCUT2D eigenvalue weighted by Crippen LogP contribution is -2.11. The monoisotopic (exact) mass is 391 g/mol. The van der Waals surface area contributed by atoms with E-state index in [-0.39, 0.29) is 11.7 Å². The predicted octanol–water partition coefficient (Wildman–Crippen LogP) is 3.00. The molecule has 1 amide bonds. The summed E-state index contributed by atoms with van der Waals surface area (Å²) in [6.07, 6.45) is 3.25. The van der Waals surface area contributed by atoms with E-state index in [9.17, 15) is 9.18 Å². The van der Waals surface area contributed by atoms with Crippen LogP contribution in [-0.2, 0) is 13.1 Å². The molecule has 146 valence electrons. The average molecular weight is 391 g/mol. The van der Waals surface area contributed by atoms with Crippen LogP contribution in [0.4, 0.5) is 10.1 Å². The van der Waals surface area contributed by atoms with Crippen molar-refractivity contribution in [3.8, 4) is 11.4 Å². The smallest absolute Gasteiger partial charge is 0.255 e. The summed E-state index contributed by atoms with van der Waals surface area (Å²) in [5, 5.41) is 18.7. The number of aryl methyl sites for hydroxylation is 1. The molecule has 0 saturated carbocycles. The maximum Gasteiger partial charge on any atom is 0.255 e. The van der Waals surface area contributed by atoms with E-state index in [1.165, 1.54) is 12.1 Å². The molecule has 0 aliphatic carbocycles. The van der Waals surface area contributed by atoms with Gasteiger partial charge in [-0.1, -0.05) is 24.3 Å². The highest BCUT2D eigenvalue weighted by molar-refractivity contribution is 6.04. The first-order valence-corrected chi connectivity index (χ1v) is 9.07. The summed E-state index contributed by atoms with van der Waals surface area (Å²) >= 11 is 0. The number of aromatic nitrogens is 6. The molecule has 0 aliphatic heterocycles. The molecule has 4 rings (SSSR count). The van der Waals surface area contributed by atoms with Crippen LogP contribution < -0.4 is 5.32 Å². The molecule has 4 aromatic rings. The highest BCUT2D eigenvalue weighted by Crippen LogP contribution is 2.18. The Labute approximate surface area is 166 Å². The lowest BCUT2D eigenvalue weighted by Gasteiger charge is -2.06. The number of hydrogen-bond acceptors (Lipinski definition) is 5. The lowest BCUT2D eigenvalue weighted by molar-refractivity contribution is 0.102. The number of carbonyl (C=O) groups is 1. The van der Waals surface area contributed by atoms with Gasteiger partial charge in [-0.25, -0.2) is 9.07 Å². The third kappa shape index (κ3) is 4.18. The van der Waals surface area contributed by atoms with Gasteiger partial charge >= 0.3 is 0 Å². The van der Waals surface area contributed by atoms with Crippen molar-refractivity contribution in [3.63, 3.8) is 0 Å². The van der Waals surface area contributed by atoms with Crippen molar-refractivity contribution in [1.29, 1.82) is 0 Å². The van der Waals surface area contributed by atoms with Crippen LogP contribution in [0.25, 0.3) is 11.4 Å². The number of anilines is 1. The molecule has 0 atom stereocenters. The van der Waals surface area contributed by atoms with Gasteiger partial charge in [-0.2, -0.15) is 5.10 Å². The molecule has 0 spiro atoms. The van der Waals surface area contributed by atoms with Crippen LogP contribution in [0.15, 0.2) is 60.9 Å². The minimum atomic E-state index is -0.294. The van der Waals surface area contributed by atoms with Gasteiger partial charge in [0.05, 0.1) is 18.4 Å². The number of amides is 1. The van der Waals surface area contributed by atoms with Gasteiger partial charge in [0, 0.05) is 23.9 Å². The van der Waals surface area contributed by atoms with E-state index < -0.39 is 0 Å². The van der Waals surface area contributed by atoms with E-state index in [1.54, 1.807) is 46.0 Å². The number of nitrogens with one attached hydrogen (secondary N) is 1. The van der Waals surface area contributed by atoms with Crippen LogP contribution >= 0.6 is 0 Å². The summed E-state index contributed by atoms with van der Waals surface area (Å²) in [6.45, 7) is 2.98. The number of halogens is 1. The molecule has 0 unspecified atom stereocenters. The van der Waals surface area contributed by atoms with Crippen molar-refractivity contribution in [3.05, 3.63) is 77.9 Å². The third-order valence-electron chi connectivity index (χ3n) is 4.34. The SMILES string of the molecule is CCn1nnnc1-c1cccc(C(=O)Nc2cnn(Cc3cccc(F)c3)c2)c1. The number of hydrogen-bond donors (Lipinski definition) is 1. The lowest BCUT2D eigenvalue weighted by atomic mass is 10.1. The fraction of sp³-hybridized carbons (Fsp3) is 0.150. The molecule has 2 heterocycles. The first-order valence-electron chi connectivity index (χ1n) is 9.07. The van der Waals surface area contributed by atoms with E-state index in [0.717, 1.165) is 11.1 Å². The number of benzene rings is 2. The zero-order valence-corrected chi connectivity index (χ0v) is 15.7. The van der Waals surface area contributed by atoms with Crippen molar-refractivity contribution in [2.24, 2.45) is 0 Å². The van der Waals surface area contributed by atoms with Gasteiger partial charge in [0.1, 0.15) is 5.82 Å². The number of rotatable bonds is 6. The normalized spacial score (nSPS) is 10.8. The Hall–Kier alpha value is -3.88. The van der Waals surface area contributed by atoms with Crippen LogP contribution in [-0.4, -0.2) is 35.9 Å². The van der Waals surface area contributed by atoms with Crippen molar-refractivity contribution in [2.75, 3.05) is 5.32 Å². The predicted molar refractivity (Wildman–Crippen MR) is 105 cm³/mol. The van der Waals surface area contributed by atoms with Gasteiger partial charge in [0.25, 0.3) is 5.91 Å². The number of nitrogens with zero attached hydrogens (tertiary/aromatic N) is 6. The van der Waals surface area contributed by atoms with Crippen LogP contribution in [0.2, 0.25) is 0 Å². The van der Waals surface area contributed by atoms with E-state index >= 15 is 0 Å². The van der Waals surface area contributed by atoms with Crippen molar-refractivity contribution in [1.82, 2.24) is 30.0 Å². The second-order valence-electron chi connectivity index (χ2n) is 6.41. The van der Waals surface area contributed by atoms with Crippen molar-refractivity contribution >= 4 is 11.6 Å². The topological polar surface area (TPSA) is 90.5 Å². The molecular weight excluding hydrogens is 373 g/mol. The van der Waals surface area contributed by atoms with Crippen LogP contribution in [0, 0.1) is 5.82 Å². The average Bonchev–Trinajstić information content (AvgIpc) is 3.37. The maximum absolute atomic E-state index is 13.3. The number of carbonyl (C=O) groups excluding carboxylic acids is 1. The molecule has 0 bridgehead atoms. The summed E-state index contributed by atoms with van der Waals surface area (Å²) in [5.41, 5.74) is 2.57. The standard InChI is InChI=1S/C20H18FN7O/c1-2-28-19(24-25-26-28)15-6-4-7-16(10-15)20(29)23-18-11-22-27(13-18)12-14-5-3-8-17(21)9-14/h3-11,13H,2,12H2,1H3,(H,23,29). The van der Waals surface area contributed by atoms with E-state index in [1.807, 2.05) is 19.1 Å². The Morgan fingerprint density at radius 2 is 2.03 bits per heavy atom. The molecular formula is C20H18FN7O. The number of tetrazole rings is 1. The van der Waals surface area contributed by atoms with Gasteiger partial charge < -0.3 is 5.32 Å². The summed E-state index contributed by atoms with van der Waals surface area (Å²) in [4.78, 5) is 12.6. The van der Waals surface area contributed by atoms with E-state index in [2.05, 4.69) is 25.9 Å². The van der Waals surface area contributed by atoms with E-state index in [0.29, 0.717) is 30.2 Å². The van der Waals surface area contributed by atoms with Gasteiger partial charge in [0.15, 0.2) is 5.82 Å². The molecule has 1 N–H and O–H groups in total. The highest BCUT2D eigenvalue weighted by Gasteiger charge is 2.12. The summed E-state index contributed by atoms with van der Waals surface area (Å²) in [5.74, 6) is 0.0370. The molecule has 0 saturated heterocycles. The van der Waals surface area contributed by atoms with Gasteiger partial charge in [-0.15, -0.1) is 5.10 Å². The molecule has 8 nitrogen and oxygen atoms in total. The molecule has 2 aromatic carbocycles. The first-order chi connectivity index (χ1) is 14.1. The first kappa shape index (κ1) is 18.5. The molecule has 2 aromatic heterocycles. The van der Waals surface area contributed by atoms with Crippen molar-refractivity contribution < 1.29 is 9.18 Å². The summed E-state index contributed by atoms with van der Waals surface area (Å²) in [6, 6.07) is 13.4. The minimum absolute atomic E-state index is 0.271. The Morgan fingerprint density at radius 1 is 1.17 bits per heavy atom. The fourth-order valence-corrected chi connectivity index (χ4v) is 2.96.